The molecule has 0 aromatic heterocycles. The Morgan fingerprint density at radius 1 is 1.05 bits per heavy atom. The second-order valence-corrected chi connectivity index (χ2v) is 4.70. The van der Waals surface area contributed by atoms with Crippen LogP contribution in [0.4, 0.5) is 4.39 Å². The Hall–Kier alpha value is -2.07. The molecule has 0 spiro atoms. The highest BCUT2D eigenvalue weighted by Gasteiger charge is 2.09. The van der Waals surface area contributed by atoms with E-state index in [9.17, 15) is 4.39 Å². The Labute approximate surface area is 124 Å². The smallest absolute Gasteiger partial charge is 0.169 e. The summed E-state index contributed by atoms with van der Waals surface area (Å²) in [6, 6.07) is 12.2. The van der Waals surface area contributed by atoms with Crippen molar-refractivity contribution in [2.45, 2.75) is 19.8 Å². The molecule has 4 heteroatoms. The lowest BCUT2D eigenvalue weighted by Crippen LogP contribution is -2.03. The van der Waals surface area contributed by atoms with Crippen LogP contribution in [0.5, 0.6) is 17.2 Å². The Balaban J connectivity index is 2.18. The predicted octanol–water partition coefficient (Wildman–Crippen LogP) is 3.91. The number of hydrogen-bond donors (Lipinski definition) is 1. The van der Waals surface area contributed by atoms with Gasteiger partial charge in [-0.25, -0.2) is 4.39 Å². The molecule has 0 aliphatic heterocycles. The highest BCUT2D eigenvalue weighted by Crippen LogP contribution is 2.32. The maximum atomic E-state index is 14.0. The lowest BCUT2D eigenvalue weighted by Gasteiger charge is -2.12. The number of para-hydroxylation sites is 2. The molecule has 0 aliphatic rings. The Morgan fingerprint density at radius 3 is 2.48 bits per heavy atom. The van der Waals surface area contributed by atoms with Gasteiger partial charge in [-0.05, 0) is 49.2 Å². The molecule has 0 fully saturated rings. The molecule has 3 nitrogen and oxygen atoms in total. The van der Waals surface area contributed by atoms with Crippen LogP contribution in [0.15, 0.2) is 42.5 Å². The quantitative estimate of drug-likeness (QED) is 0.840. The molecule has 112 valence electrons. The summed E-state index contributed by atoms with van der Waals surface area (Å²) in [7, 11) is 0. The average Bonchev–Trinajstić information content (AvgIpc) is 2.49. The minimum absolute atomic E-state index is 0.184. The van der Waals surface area contributed by atoms with E-state index in [1.807, 2.05) is 31.2 Å². The Bertz CT molecular complexity index is 587. The number of nitrogens with two attached hydrogens (primary N) is 1. The number of hydrogen-bond acceptors (Lipinski definition) is 3. The van der Waals surface area contributed by atoms with Crippen molar-refractivity contribution in [1.82, 2.24) is 0 Å². The SMILES string of the molecule is CCCOc1ccccc1Oc1ccc(CCN)cc1F. The predicted molar refractivity (Wildman–Crippen MR) is 81.5 cm³/mol. The van der Waals surface area contributed by atoms with Crippen molar-refractivity contribution in [2.24, 2.45) is 5.73 Å². The third-order valence-electron chi connectivity index (χ3n) is 2.96. The van der Waals surface area contributed by atoms with E-state index in [1.165, 1.54) is 6.07 Å². The van der Waals surface area contributed by atoms with E-state index in [1.54, 1.807) is 12.1 Å². The maximum Gasteiger partial charge on any atom is 0.169 e. The van der Waals surface area contributed by atoms with Gasteiger partial charge in [0.05, 0.1) is 6.61 Å². The van der Waals surface area contributed by atoms with Crippen LogP contribution in [-0.4, -0.2) is 13.2 Å². The van der Waals surface area contributed by atoms with E-state index < -0.39 is 5.82 Å². The highest BCUT2D eigenvalue weighted by molar-refractivity contribution is 5.43. The molecule has 0 aliphatic carbocycles. The minimum atomic E-state index is -0.397. The summed E-state index contributed by atoms with van der Waals surface area (Å²) in [6.07, 6.45) is 1.55. The number of rotatable bonds is 7. The molecule has 0 amide bonds. The number of halogens is 1. The van der Waals surface area contributed by atoms with Crippen molar-refractivity contribution in [3.63, 3.8) is 0 Å². The summed E-state index contributed by atoms with van der Waals surface area (Å²) in [5.74, 6) is 0.913. The van der Waals surface area contributed by atoms with Crippen LogP contribution in [0.2, 0.25) is 0 Å². The van der Waals surface area contributed by atoms with Gasteiger partial charge in [-0.2, -0.15) is 0 Å². The second kappa shape index (κ2) is 7.64. The lowest BCUT2D eigenvalue weighted by atomic mass is 10.1. The fraction of sp³-hybridized carbons (Fsp3) is 0.294. The van der Waals surface area contributed by atoms with E-state index in [2.05, 4.69) is 0 Å². The molecule has 21 heavy (non-hydrogen) atoms. The minimum Gasteiger partial charge on any atom is -0.490 e. The zero-order valence-electron chi connectivity index (χ0n) is 12.1. The third kappa shape index (κ3) is 4.20. The molecule has 0 heterocycles. The van der Waals surface area contributed by atoms with Gasteiger partial charge in [-0.15, -0.1) is 0 Å². The average molecular weight is 289 g/mol. The molecule has 0 atom stereocenters. The largest absolute Gasteiger partial charge is 0.490 e. The van der Waals surface area contributed by atoms with Gasteiger partial charge in [0.2, 0.25) is 0 Å². The lowest BCUT2D eigenvalue weighted by molar-refractivity contribution is 0.300. The summed E-state index contributed by atoms with van der Waals surface area (Å²) in [4.78, 5) is 0. The first-order chi connectivity index (χ1) is 10.2. The van der Waals surface area contributed by atoms with E-state index in [-0.39, 0.29) is 5.75 Å². The van der Waals surface area contributed by atoms with Crippen molar-refractivity contribution >= 4 is 0 Å². The molecule has 0 saturated carbocycles. The van der Waals surface area contributed by atoms with Gasteiger partial charge in [0.1, 0.15) is 0 Å². The molecule has 0 unspecified atom stereocenters. The van der Waals surface area contributed by atoms with Gasteiger partial charge in [0.25, 0.3) is 0 Å². The van der Waals surface area contributed by atoms with Gasteiger partial charge in [-0.3, -0.25) is 0 Å². The van der Waals surface area contributed by atoms with Crippen LogP contribution in [0.3, 0.4) is 0 Å². The van der Waals surface area contributed by atoms with Crippen LogP contribution in [0, 0.1) is 5.82 Å². The zero-order valence-corrected chi connectivity index (χ0v) is 12.1. The van der Waals surface area contributed by atoms with Gasteiger partial charge >= 0.3 is 0 Å². The first kappa shape index (κ1) is 15.3. The summed E-state index contributed by atoms with van der Waals surface area (Å²) >= 11 is 0. The van der Waals surface area contributed by atoms with E-state index in [4.69, 9.17) is 15.2 Å². The molecule has 2 aromatic carbocycles. The van der Waals surface area contributed by atoms with E-state index >= 15 is 0 Å². The standard InChI is InChI=1S/C17H20FNO2/c1-2-11-20-16-5-3-4-6-17(16)21-15-8-7-13(9-10-19)12-14(15)18/h3-8,12H,2,9-11,19H2,1H3. The summed E-state index contributed by atoms with van der Waals surface area (Å²) in [6.45, 7) is 3.12. The molecular formula is C17H20FNO2. The Morgan fingerprint density at radius 2 is 1.81 bits per heavy atom. The number of ether oxygens (including phenoxy) is 2. The fourth-order valence-electron chi connectivity index (χ4n) is 1.93. The Kier molecular flexibility index (Phi) is 5.58. The van der Waals surface area contributed by atoms with Gasteiger partial charge in [-0.1, -0.05) is 25.1 Å². The molecule has 0 radical (unpaired) electrons. The van der Waals surface area contributed by atoms with Crippen molar-refractivity contribution in [1.29, 1.82) is 0 Å². The summed E-state index contributed by atoms with van der Waals surface area (Å²) in [5, 5.41) is 0. The maximum absolute atomic E-state index is 14.0. The normalized spacial score (nSPS) is 10.4. The molecule has 2 N–H and O–H groups in total. The highest BCUT2D eigenvalue weighted by atomic mass is 19.1. The molecule has 0 bridgehead atoms. The van der Waals surface area contributed by atoms with Crippen molar-refractivity contribution in [2.75, 3.05) is 13.2 Å². The number of benzene rings is 2. The van der Waals surface area contributed by atoms with Crippen LogP contribution in [0.25, 0.3) is 0 Å². The van der Waals surface area contributed by atoms with Crippen molar-refractivity contribution in [3.05, 3.63) is 53.8 Å². The van der Waals surface area contributed by atoms with E-state index in [0.717, 1.165) is 12.0 Å². The third-order valence-corrected chi connectivity index (χ3v) is 2.96. The molecule has 2 aromatic rings. The first-order valence-corrected chi connectivity index (χ1v) is 7.12. The second-order valence-electron chi connectivity index (χ2n) is 4.70. The topological polar surface area (TPSA) is 44.5 Å². The van der Waals surface area contributed by atoms with Crippen LogP contribution < -0.4 is 15.2 Å². The van der Waals surface area contributed by atoms with Crippen molar-refractivity contribution < 1.29 is 13.9 Å². The van der Waals surface area contributed by atoms with Crippen LogP contribution in [0.1, 0.15) is 18.9 Å². The van der Waals surface area contributed by atoms with Gasteiger partial charge in [0, 0.05) is 0 Å². The molecular weight excluding hydrogens is 269 g/mol. The molecule has 2 rings (SSSR count). The van der Waals surface area contributed by atoms with Gasteiger partial charge in [0.15, 0.2) is 23.1 Å². The van der Waals surface area contributed by atoms with Crippen molar-refractivity contribution in [3.8, 4) is 17.2 Å². The van der Waals surface area contributed by atoms with Crippen LogP contribution >= 0.6 is 0 Å². The summed E-state index contributed by atoms with van der Waals surface area (Å²) < 4.78 is 25.3. The van der Waals surface area contributed by atoms with Gasteiger partial charge < -0.3 is 15.2 Å². The zero-order chi connectivity index (χ0) is 15.1. The fourth-order valence-corrected chi connectivity index (χ4v) is 1.93. The monoisotopic (exact) mass is 289 g/mol. The molecule has 0 saturated heterocycles. The first-order valence-electron chi connectivity index (χ1n) is 7.12. The van der Waals surface area contributed by atoms with Crippen LogP contribution in [-0.2, 0) is 6.42 Å². The van der Waals surface area contributed by atoms with E-state index in [0.29, 0.717) is 31.1 Å². The summed E-state index contributed by atoms with van der Waals surface area (Å²) in [5.41, 5.74) is 6.33.